The van der Waals surface area contributed by atoms with Crippen molar-refractivity contribution in [2.75, 3.05) is 13.1 Å². The number of alkyl halides is 2. The molecule has 1 N–H and O–H groups in total. The summed E-state index contributed by atoms with van der Waals surface area (Å²) in [4.78, 5) is 23.7. The topological polar surface area (TPSA) is 57.6 Å². The van der Waals surface area contributed by atoms with Crippen molar-refractivity contribution < 1.29 is 27.9 Å². The Bertz CT molecular complexity index is 530. The molecule has 0 spiro atoms. The van der Waals surface area contributed by atoms with E-state index in [0.29, 0.717) is 0 Å². The Morgan fingerprint density at radius 2 is 1.85 bits per heavy atom. The van der Waals surface area contributed by atoms with Gasteiger partial charge in [-0.25, -0.2) is 13.2 Å². The predicted molar refractivity (Wildman–Crippen MR) is 63.0 cm³/mol. The summed E-state index contributed by atoms with van der Waals surface area (Å²) in [7, 11) is 0. The molecule has 0 bridgehead atoms. The molecule has 1 aromatic rings. The van der Waals surface area contributed by atoms with E-state index in [1.807, 2.05) is 0 Å². The Kier molecular flexibility index (Phi) is 3.69. The lowest BCUT2D eigenvalue weighted by Crippen LogP contribution is -2.51. The largest absolute Gasteiger partial charge is 0.481 e. The first-order valence-electron chi connectivity index (χ1n) is 5.94. The van der Waals surface area contributed by atoms with E-state index >= 15 is 0 Å². The van der Waals surface area contributed by atoms with E-state index in [9.17, 15) is 22.8 Å². The van der Waals surface area contributed by atoms with Crippen LogP contribution in [-0.2, 0) is 4.79 Å². The molecule has 1 aliphatic heterocycles. The van der Waals surface area contributed by atoms with Crippen LogP contribution >= 0.6 is 0 Å². The van der Waals surface area contributed by atoms with E-state index in [-0.39, 0.29) is 12.1 Å². The van der Waals surface area contributed by atoms with Crippen LogP contribution in [0.3, 0.4) is 0 Å². The van der Waals surface area contributed by atoms with E-state index in [0.717, 1.165) is 17.0 Å². The minimum absolute atomic E-state index is 0.0493. The van der Waals surface area contributed by atoms with E-state index in [1.165, 1.54) is 12.1 Å². The molecular weight excluding hydrogens is 275 g/mol. The van der Waals surface area contributed by atoms with Crippen molar-refractivity contribution in [2.45, 2.75) is 12.3 Å². The molecule has 1 unspecified atom stereocenters. The maximum absolute atomic E-state index is 13.5. The number of likely N-dealkylation sites (tertiary alicyclic amines) is 1. The minimum atomic E-state index is -3.24. The maximum Gasteiger partial charge on any atom is 0.308 e. The molecule has 1 fully saturated rings. The summed E-state index contributed by atoms with van der Waals surface area (Å²) in [6.07, 6.45) is -0.782. The number of benzene rings is 1. The number of nitrogens with zero attached hydrogens (tertiary/aromatic N) is 1. The van der Waals surface area contributed by atoms with E-state index < -0.39 is 42.5 Å². The number of aliphatic carboxylic acids is 1. The Balaban J connectivity index is 2.20. The Morgan fingerprint density at radius 3 is 2.40 bits per heavy atom. The van der Waals surface area contributed by atoms with Gasteiger partial charge in [0.1, 0.15) is 5.82 Å². The van der Waals surface area contributed by atoms with Crippen molar-refractivity contribution in [3.63, 3.8) is 0 Å². The third-order valence-electron chi connectivity index (χ3n) is 3.14. The van der Waals surface area contributed by atoms with Crippen molar-refractivity contribution >= 4 is 11.9 Å². The lowest BCUT2D eigenvalue weighted by molar-refractivity contribution is -0.151. The number of carboxylic acid groups (broad SMARTS) is 1. The molecule has 1 heterocycles. The zero-order valence-corrected chi connectivity index (χ0v) is 10.4. The second-order valence-electron chi connectivity index (χ2n) is 4.79. The van der Waals surface area contributed by atoms with Gasteiger partial charge in [-0.1, -0.05) is 0 Å². The summed E-state index contributed by atoms with van der Waals surface area (Å²) in [6.45, 7) is -1.10. The molecular formula is C13H12F3NO3. The van der Waals surface area contributed by atoms with Gasteiger partial charge in [0, 0.05) is 18.5 Å². The van der Waals surface area contributed by atoms with Gasteiger partial charge in [0.15, 0.2) is 0 Å². The first-order chi connectivity index (χ1) is 9.28. The standard InChI is InChI=1S/C13H12F3NO3/c14-10-3-1-8(2-4-10)11(18)17-6-9(12(19)20)5-13(15,16)7-17/h1-4,9H,5-7H2,(H,19,20). The summed E-state index contributed by atoms with van der Waals surface area (Å²) in [5.74, 6) is -7.18. The average Bonchev–Trinajstić information content (AvgIpc) is 2.37. The monoisotopic (exact) mass is 287 g/mol. The van der Waals surface area contributed by atoms with Crippen LogP contribution in [-0.4, -0.2) is 40.9 Å². The zero-order chi connectivity index (χ0) is 14.9. The van der Waals surface area contributed by atoms with Crippen LogP contribution in [0.25, 0.3) is 0 Å². The molecule has 7 heteroatoms. The van der Waals surface area contributed by atoms with Crippen LogP contribution in [0.5, 0.6) is 0 Å². The Hall–Kier alpha value is -2.05. The summed E-state index contributed by atoms with van der Waals surface area (Å²) in [6, 6.07) is 4.45. The third-order valence-corrected chi connectivity index (χ3v) is 3.14. The molecule has 0 radical (unpaired) electrons. The van der Waals surface area contributed by atoms with Crippen molar-refractivity contribution in [3.05, 3.63) is 35.6 Å². The normalized spacial score (nSPS) is 21.6. The highest BCUT2D eigenvalue weighted by atomic mass is 19.3. The number of rotatable bonds is 2. The number of carbonyl (C=O) groups is 2. The first kappa shape index (κ1) is 14.4. The van der Waals surface area contributed by atoms with Gasteiger partial charge in [0.2, 0.25) is 0 Å². The number of hydrogen-bond acceptors (Lipinski definition) is 2. The number of piperidine rings is 1. The fourth-order valence-electron chi connectivity index (χ4n) is 2.19. The fraction of sp³-hybridized carbons (Fsp3) is 0.385. The second-order valence-corrected chi connectivity index (χ2v) is 4.79. The minimum Gasteiger partial charge on any atom is -0.481 e. The van der Waals surface area contributed by atoms with Gasteiger partial charge in [0.25, 0.3) is 11.8 Å². The second kappa shape index (κ2) is 5.15. The molecule has 1 aliphatic rings. The van der Waals surface area contributed by atoms with Crippen LogP contribution in [0.1, 0.15) is 16.8 Å². The lowest BCUT2D eigenvalue weighted by atomic mass is 9.94. The van der Waals surface area contributed by atoms with Crippen LogP contribution in [0.2, 0.25) is 0 Å². The summed E-state index contributed by atoms with van der Waals surface area (Å²) in [5, 5.41) is 8.86. The van der Waals surface area contributed by atoms with Gasteiger partial charge in [-0.2, -0.15) is 0 Å². The quantitative estimate of drug-likeness (QED) is 0.905. The van der Waals surface area contributed by atoms with E-state index in [2.05, 4.69) is 0 Å². The number of halogens is 3. The molecule has 20 heavy (non-hydrogen) atoms. The highest BCUT2D eigenvalue weighted by Crippen LogP contribution is 2.31. The Labute approximate surface area is 112 Å². The van der Waals surface area contributed by atoms with Gasteiger partial charge in [-0.15, -0.1) is 0 Å². The summed E-state index contributed by atoms with van der Waals surface area (Å²) >= 11 is 0. The van der Waals surface area contributed by atoms with Crippen molar-refractivity contribution in [1.82, 2.24) is 4.90 Å². The third kappa shape index (κ3) is 3.09. The van der Waals surface area contributed by atoms with Crippen LogP contribution < -0.4 is 0 Å². The van der Waals surface area contributed by atoms with E-state index in [4.69, 9.17) is 5.11 Å². The molecule has 0 aromatic heterocycles. The molecule has 0 saturated carbocycles. The smallest absolute Gasteiger partial charge is 0.308 e. The molecule has 108 valence electrons. The Morgan fingerprint density at radius 1 is 1.25 bits per heavy atom. The first-order valence-corrected chi connectivity index (χ1v) is 5.94. The average molecular weight is 287 g/mol. The molecule has 4 nitrogen and oxygen atoms in total. The molecule has 1 atom stereocenters. The van der Waals surface area contributed by atoms with Gasteiger partial charge < -0.3 is 10.0 Å². The maximum atomic E-state index is 13.5. The van der Waals surface area contributed by atoms with Gasteiger partial charge in [-0.3, -0.25) is 9.59 Å². The molecule has 2 rings (SSSR count). The summed E-state index contributed by atoms with van der Waals surface area (Å²) in [5.41, 5.74) is 0.0493. The SMILES string of the molecule is O=C(O)C1CN(C(=O)c2ccc(F)cc2)CC(F)(F)C1. The van der Waals surface area contributed by atoms with Crippen molar-refractivity contribution in [3.8, 4) is 0 Å². The highest BCUT2D eigenvalue weighted by Gasteiger charge is 2.44. The number of amides is 1. The van der Waals surface area contributed by atoms with Crippen molar-refractivity contribution in [2.24, 2.45) is 5.92 Å². The predicted octanol–water partition coefficient (Wildman–Crippen LogP) is 2.01. The van der Waals surface area contributed by atoms with E-state index in [1.54, 1.807) is 0 Å². The van der Waals surface area contributed by atoms with Gasteiger partial charge >= 0.3 is 5.97 Å². The van der Waals surface area contributed by atoms with Gasteiger partial charge in [-0.05, 0) is 24.3 Å². The molecule has 1 amide bonds. The van der Waals surface area contributed by atoms with Gasteiger partial charge in [0.05, 0.1) is 12.5 Å². The number of carbonyl (C=O) groups excluding carboxylic acids is 1. The zero-order valence-electron chi connectivity index (χ0n) is 10.4. The fourth-order valence-corrected chi connectivity index (χ4v) is 2.19. The molecule has 1 aromatic carbocycles. The van der Waals surface area contributed by atoms with Crippen molar-refractivity contribution in [1.29, 1.82) is 0 Å². The lowest BCUT2D eigenvalue weighted by Gasteiger charge is -2.35. The highest BCUT2D eigenvalue weighted by molar-refractivity contribution is 5.94. The molecule has 1 saturated heterocycles. The number of carboxylic acids is 1. The summed E-state index contributed by atoms with van der Waals surface area (Å²) < 4.78 is 39.7. The number of hydrogen-bond donors (Lipinski definition) is 1. The van der Waals surface area contributed by atoms with Crippen LogP contribution in [0.4, 0.5) is 13.2 Å². The van der Waals surface area contributed by atoms with Crippen LogP contribution in [0, 0.1) is 11.7 Å². The van der Waals surface area contributed by atoms with Crippen LogP contribution in [0.15, 0.2) is 24.3 Å². The molecule has 0 aliphatic carbocycles.